The van der Waals surface area contributed by atoms with E-state index >= 15 is 0 Å². The van der Waals surface area contributed by atoms with Gasteiger partial charge in [0.2, 0.25) is 5.91 Å². The van der Waals surface area contributed by atoms with Crippen molar-refractivity contribution in [1.82, 2.24) is 5.32 Å². The third kappa shape index (κ3) is 1.68. The van der Waals surface area contributed by atoms with E-state index in [9.17, 15) is 9.90 Å². The van der Waals surface area contributed by atoms with Gasteiger partial charge < -0.3 is 15.2 Å². The van der Waals surface area contributed by atoms with Crippen molar-refractivity contribution in [3.8, 4) is 0 Å². The van der Waals surface area contributed by atoms with Crippen LogP contribution >= 0.6 is 0 Å². The van der Waals surface area contributed by atoms with Crippen molar-refractivity contribution in [2.75, 3.05) is 19.8 Å². The zero-order valence-electron chi connectivity index (χ0n) is 5.89. The van der Waals surface area contributed by atoms with Crippen LogP contribution in [0.2, 0.25) is 0 Å². The number of hydrogen-bond donors (Lipinski definition) is 2. The lowest BCUT2D eigenvalue weighted by molar-refractivity contribution is -0.175. The van der Waals surface area contributed by atoms with E-state index < -0.39 is 5.60 Å². The van der Waals surface area contributed by atoms with Gasteiger partial charge in [0, 0.05) is 6.92 Å². The fraction of sp³-hybridized carbons (Fsp3) is 0.833. The van der Waals surface area contributed by atoms with Crippen LogP contribution in [0.4, 0.5) is 0 Å². The molecule has 0 saturated carbocycles. The van der Waals surface area contributed by atoms with Gasteiger partial charge in [-0.2, -0.15) is 0 Å². The Morgan fingerprint density at radius 2 is 2.40 bits per heavy atom. The molecule has 0 aromatic heterocycles. The molecule has 1 aliphatic rings. The predicted molar refractivity (Wildman–Crippen MR) is 34.5 cm³/mol. The standard InChI is InChI=1S/C6H11NO3/c1-5(8)7-2-6(9)3-10-4-6/h9H,2-4H2,1H3,(H,7,8). The van der Waals surface area contributed by atoms with E-state index in [0.29, 0.717) is 19.8 Å². The van der Waals surface area contributed by atoms with Crippen LogP contribution in [0.25, 0.3) is 0 Å². The molecule has 10 heavy (non-hydrogen) atoms. The summed E-state index contributed by atoms with van der Waals surface area (Å²) in [6, 6.07) is 0. The fourth-order valence-corrected chi connectivity index (χ4v) is 0.729. The molecule has 4 heteroatoms. The Bertz CT molecular complexity index is 142. The largest absolute Gasteiger partial charge is 0.383 e. The van der Waals surface area contributed by atoms with Gasteiger partial charge in [0.1, 0.15) is 5.60 Å². The predicted octanol–water partition coefficient (Wildman–Crippen LogP) is -1.12. The number of hydrogen-bond acceptors (Lipinski definition) is 3. The number of nitrogens with one attached hydrogen (secondary N) is 1. The third-order valence-corrected chi connectivity index (χ3v) is 1.41. The van der Waals surface area contributed by atoms with E-state index in [-0.39, 0.29) is 5.91 Å². The van der Waals surface area contributed by atoms with Gasteiger partial charge in [-0.3, -0.25) is 4.79 Å². The molecule has 58 valence electrons. The SMILES string of the molecule is CC(=O)NCC1(O)COC1. The second kappa shape index (κ2) is 2.56. The number of rotatable bonds is 2. The Labute approximate surface area is 59.2 Å². The first kappa shape index (κ1) is 7.50. The van der Waals surface area contributed by atoms with E-state index in [1.165, 1.54) is 6.92 Å². The third-order valence-electron chi connectivity index (χ3n) is 1.41. The average molecular weight is 145 g/mol. The Morgan fingerprint density at radius 3 is 2.70 bits per heavy atom. The quantitative estimate of drug-likeness (QED) is 0.517. The number of carbonyl (C=O) groups excluding carboxylic acids is 1. The normalized spacial score (nSPS) is 21.4. The lowest BCUT2D eigenvalue weighted by atomic mass is 10.0. The molecule has 4 nitrogen and oxygen atoms in total. The molecule has 0 spiro atoms. The lowest BCUT2D eigenvalue weighted by Crippen LogP contribution is -2.56. The molecule has 1 fully saturated rings. The van der Waals surface area contributed by atoms with Gasteiger partial charge in [0.05, 0.1) is 19.8 Å². The average Bonchev–Trinajstić information content (AvgIpc) is 1.79. The van der Waals surface area contributed by atoms with Gasteiger partial charge in [0.25, 0.3) is 0 Å². The lowest BCUT2D eigenvalue weighted by Gasteiger charge is -2.36. The molecular formula is C6H11NO3. The molecule has 0 unspecified atom stereocenters. The summed E-state index contributed by atoms with van der Waals surface area (Å²) in [5.74, 6) is -0.125. The van der Waals surface area contributed by atoms with Gasteiger partial charge in [-0.05, 0) is 0 Å². The summed E-state index contributed by atoms with van der Waals surface area (Å²) in [5.41, 5.74) is -0.800. The smallest absolute Gasteiger partial charge is 0.216 e. The molecule has 0 radical (unpaired) electrons. The van der Waals surface area contributed by atoms with Crippen molar-refractivity contribution in [3.63, 3.8) is 0 Å². The van der Waals surface area contributed by atoms with E-state index in [1.807, 2.05) is 0 Å². The molecule has 1 saturated heterocycles. The highest BCUT2D eigenvalue weighted by molar-refractivity contribution is 5.72. The second-order valence-electron chi connectivity index (χ2n) is 2.63. The number of aliphatic hydroxyl groups is 1. The van der Waals surface area contributed by atoms with Crippen molar-refractivity contribution in [2.45, 2.75) is 12.5 Å². The molecular weight excluding hydrogens is 134 g/mol. The molecule has 1 rings (SSSR count). The summed E-state index contributed by atoms with van der Waals surface area (Å²) in [6.45, 7) is 2.37. The van der Waals surface area contributed by atoms with Crippen LogP contribution in [0.1, 0.15) is 6.92 Å². The molecule has 1 heterocycles. The minimum Gasteiger partial charge on any atom is -0.383 e. The van der Waals surface area contributed by atoms with Gasteiger partial charge >= 0.3 is 0 Å². The second-order valence-corrected chi connectivity index (χ2v) is 2.63. The molecule has 2 N–H and O–H groups in total. The van der Waals surface area contributed by atoms with Crippen LogP contribution in [0.5, 0.6) is 0 Å². The highest BCUT2D eigenvalue weighted by Gasteiger charge is 2.35. The maximum atomic E-state index is 10.4. The zero-order chi connectivity index (χ0) is 7.61. The molecule has 0 atom stereocenters. The molecule has 1 amide bonds. The van der Waals surface area contributed by atoms with Crippen molar-refractivity contribution in [2.24, 2.45) is 0 Å². The summed E-state index contributed by atoms with van der Waals surface area (Å²) >= 11 is 0. The summed E-state index contributed by atoms with van der Waals surface area (Å²) in [7, 11) is 0. The Hall–Kier alpha value is -0.610. The minimum atomic E-state index is -0.800. The Kier molecular flexibility index (Phi) is 1.92. The first-order valence-corrected chi connectivity index (χ1v) is 3.17. The zero-order valence-corrected chi connectivity index (χ0v) is 5.89. The van der Waals surface area contributed by atoms with Crippen molar-refractivity contribution < 1.29 is 14.6 Å². The van der Waals surface area contributed by atoms with Crippen molar-refractivity contribution in [3.05, 3.63) is 0 Å². The highest BCUT2D eigenvalue weighted by atomic mass is 16.5. The van der Waals surface area contributed by atoms with Crippen LogP contribution in [-0.2, 0) is 9.53 Å². The summed E-state index contributed by atoms with van der Waals surface area (Å²) < 4.78 is 4.77. The van der Waals surface area contributed by atoms with Crippen LogP contribution in [0, 0.1) is 0 Å². The van der Waals surface area contributed by atoms with Crippen LogP contribution in [0.15, 0.2) is 0 Å². The maximum absolute atomic E-state index is 10.4. The Balaban J connectivity index is 2.18. The summed E-state index contributed by atoms with van der Waals surface area (Å²) in [5, 5.41) is 11.8. The van der Waals surface area contributed by atoms with E-state index in [4.69, 9.17) is 4.74 Å². The summed E-state index contributed by atoms with van der Waals surface area (Å²) in [4.78, 5) is 10.4. The topological polar surface area (TPSA) is 58.6 Å². The van der Waals surface area contributed by atoms with Crippen LogP contribution < -0.4 is 5.32 Å². The number of ether oxygens (including phenoxy) is 1. The van der Waals surface area contributed by atoms with E-state index in [0.717, 1.165) is 0 Å². The fourth-order valence-electron chi connectivity index (χ4n) is 0.729. The van der Waals surface area contributed by atoms with Crippen molar-refractivity contribution in [1.29, 1.82) is 0 Å². The molecule has 0 aromatic rings. The first-order valence-electron chi connectivity index (χ1n) is 3.17. The molecule has 0 bridgehead atoms. The molecule has 0 aromatic carbocycles. The Morgan fingerprint density at radius 1 is 1.80 bits per heavy atom. The van der Waals surface area contributed by atoms with Gasteiger partial charge in [0.15, 0.2) is 0 Å². The van der Waals surface area contributed by atoms with Gasteiger partial charge in [-0.15, -0.1) is 0 Å². The maximum Gasteiger partial charge on any atom is 0.216 e. The van der Waals surface area contributed by atoms with Gasteiger partial charge in [-0.1, -0.05) is 0 Å². The van der Waals surface area contributed by atoms with Crippen LogP contribution in [0.3, 0.4) is 0 Å². The van der Waals surface area contributed by atoms with Gasteiger partial charge in [-0.25, -0.2) is 0 Å². The number of carbonyl (C=O) groups is 1. The monoisotopic (exact) mass is 145 g/mol. The van der Waals surface area contributed by atoms with Crippen molar-refractivity contribution >= 4 is 5.91 Å². The first-order chi connectivity index (χ1) is 4.62. The minimum absolute atomic E-state index is 0.125. The molecule has 1 aliphatic heterocycles. The highest BCUT2D eigenvalue weighted by Crippen LogP contribution is 2.14. The van der Waals surface area contributed by atoms with Crippen LogP contribution in [-0.4, -0.2) is 36.4 Å². The van der Waals surface area contributed by atoms with E-state index in [1.54, 1.807) is 0 Å². The molecule has 0 aliphatic carbocycles. The van der Waals surface area contributed by atoms with E-state index in [2.05, 4.69) is 5.32 Å². The number of amides is 1. The summed E-state index contributed by atoms with van der Waals surface area (Å²) in [6.07, 6.45) is 0.